The number of carbonyl (C=O) groups is 2. The summed E-state index contributed by atoms with van der Waals surface area (Å²) in [5, 5.41) is 14.8. The van der Waals surface area contributed by atoms with Crippen LogP contribution >= 0.6 is 0 Å². The van der Waals surface area contributed by atoms with Crippen molar-refractivity contribution in [2.24, 2.45) is 0 Å². The number of halogens is 4. The molecule has 0 saturated heterocycles. The highest BCUT2D eigenvalue weighted by molar-refractivity contribution is 5.93. The fraction of sp³-hybridized carbons (Fsp3) is 0.227. The summed E-state index contributed by atoms with van der Waals surface area (Å²) in [4.78, 5) is 28.9. The molecular weight excluding hydrogens is 486 g/mol. The molecule has 3 aromatic rings. The Bertz CT molecular complexity index is 1280. The van der Waals surface area contributed by atoms with E-state index in [1.54, 1.807) is 0 Å². The minimum Gasteiger partial charge on any atom is -0.408 e. The quantitative estimate of drug-likeness (QED) is 0.358. The summed E-state index contributed by atoms with van der Waals surface area (Å²) in [6, 6.07) is 6.57. The van der Waals surface area contributed by atoms with Crippen molar-refractivity contribution in [3.05, 3.63) is 65.9 Å². The van der Waals surface area contributed by atoms with Crippen LogP contribution in [0.15, 0.2) is 48.8 Å². The summed E-state index contributed by atoms with van der Waals surface area (Å²) in [6.45, 7) is 0.00669. The molecule has 2 amide bonds. The van der Waals surface area contributed by atoms with Crippen LogP contribution in [0.5, 0.6) is 5.75 Å². The minimum absolute atomic E-state index is 0.00669. The number of nitrogen functional groups attached to an aromatic ring is 1. The number of hydrogen-bond donors (Lipinski definition) is 4. The molecule has 0 aliphatic heterocycles. The van der Waals surface area contributed by atoms with Gasteiger partial charge in [-0.1, -0.05) is 0 Å². The number of anilines is 3. The van der Waals surface area contributed by atoms with Crippen LogP contribution in [0.4, 0.5) is 39.5 Å². The number of amides is 2. The maximum Gasteiger partial charge on any atom is 0.418 e. The maximum atomic E-state index is 13.3. The number of benzene rings is 1. The van der Waals surface area contributed by atoms with E-state index in [0.717, 1.165) is 12.1 Å². The van der Waals surface area contributed by atoms with Crippen molar-refractivity contribution in [2.45, 2.75) is 31.1 Å². The van der Waals surface area contributed by atoms with E-state index in [1.807, 2.05) is 0 Å². The van der Waals surface area contributed by atoms with E-state index >= 15 is 0 Å². The molecule has 0 bridgehead atoms. The zero-order chi connectivity index (χ0) is 25.9. The molecule has 0 radical (unpaired) electrons. The molecule has 0 spiro atoms. The van der Waals surface area contributed by atoms with Gasteiger partial charge < -0.3 is 26.4 Å². The summed E-state index contributed by atoms with van der Waals surface area (Å²) in [6.07, 6.45) is -2.33. The number of aromatic nitrogens is 3. The Hall–Kier alpha value is -4.49. The normalized spacial score (nSPS) is 14.0. The van der Waals surface area contributed by atoms with Gasteiger partial charge in [0, 0.05) is 6.07 Å². The second-order valence-corrected chi connectivity index (χ2v) is 7.95. The van der Waals surface area contributed by atoms with Gasteiger partial charge in [0.15, 0.2) is 5.75 Å². The Morgan fingerprint density at radius 1 is 1.11 bits per heavy atom. The van der Waals surface area contributed by atoms with Gasteiger partial charge >= 0.3 is 12.3 Å². The molecule has 5 N–H and O–H groups in total. The van der Waals surface area contributed by atoms with Gasteiger partial charge in [-0.25, -0.2) is 9.18 Å². The van der Waals surface area contributed by atoms with Crippen molar-refractivity contribution in [1.29, 1.82) is 0 Å². The summed E-state index contributed by atoms with van der Waals surface area (Å²) in [5.41, 5.74) is 3.52. The van der Waals surface area contributed by atoms with Crippen molar-refractivity contribution in [3.8, 4) is 5.75 Å². The van der Waals surface area contributed by atoms with Crippen LogP contribution in [0.1, 0.15) is 24.1 Å². The Balaban J connectivity index is 1.32. The van der Waals surface area contributed by atoms with Crippen LogP contribution in [0.25, 0.3) is 0 Å². The van der Waals surface area contributed by atoms with Crippen molar-refractivity contribution >= 4 is 29.2 Å². The van der Waals surface area contributed by atoms with Gasteiger partial charge in [-0.3, -0.25) is 9.78 Å². The molecule has 10 nitrogen and oxygen atoms in total. The maximum absolute atomic E-state index is 13.3. The van der Waals surface area contributed by atoms with E-state index in [-0.39, 0.29) is 29.5 Å². The van der Waals surface area contributed by atoms with E-state index < -0.39 is 35.1 Å². The van der Waals surface area contributed by atoms with Crippen molar-refractivity contribution in [3.63, 3.8) is 0 Å². The molecule has 0 unspecified atom stereocenters. The van der Waals surface area contributed by atoms with E-state index in [0.29, 0.717) is 24.6 Å². The first-order valence-corrected chi connectivity index (χ1v) is 10.5. The highest BCUT2D eigenvalue weighted by Crippen LogP contribution is 2.37. The molecule has 0 atom stereocenters. The number of hydrogen-bond acceptors (Lipinski definition) is 8. The predicted octanol–water partition coefficient (Wildman–Crippen LogP) is 3.29. The third kappa shape index (κ3) is 5.95. The zero-order valence-corrected chi connectivity index (χ0v) is 18.4. The van der Waals surface area contributed by atoms with Crippen LogP contribution < -0.4 is 26.4 Å². The van der Waals surface area contributed by atoms with Crippen LogP contribution in [-0.2, 0) is 17.5 Å². The largest absolute Gasteiger partial charge is 0.418 e. The number of rotatable bonds is 7. The number of ether oxygens (including phenoxy) is 1. The first-order chi connectivity index (χ1) is 17.0. The van der Waals surface area contributed by atoms with Gasteiger partial charge in [0.1, 0.15) is 17.2 Å². The van der Waals surface area contributed by atoms with E-state index in [9.17, 15) is 27.2 Å². The lowest BCUT2D eigenvalue weighted by molar-refractivity contribution is -0.137. The fourth-order valence-corrected chi connectivity index (χ4v) is 3.24. The number of nitrogens with two attached hydrogens (primary N) is 1. The average molecular weight is 505 g/mol. The number of nitrogens with one attached hydrogen (secondary N) is 3. The van der Waals surface area contributed by atoms with Crippen LogP contribution in [-0.4, -0.2) is 32.7 Å². The van der Waals surface area contributed by atoms with E-state index in [2.05, 4.69) is 31.1 Å². The van der Waals surface area contributed by atoms with Crippen LogP contribution in [0.2, 0.25) is 0 Å². The SMILES string of the molecule is Nc1cc(OC(=O)NC2(C(=O)NCc3ccc(Nc4ccc(F)cc4C(F)(F)F)cn3)CC2)cnn1. The summed E-state index contributed by atoms with van der Waals surface area (Å²) >= 11 is 0. The van der Waals surface area contributed by atoms with Gasteiger partial charge in [-0.2, -0.15) is 18.3 Å². The lowest BCUT2D eigenvalue weighted by Crippen LogP contribution is -2.49. The standard InChI is InChI=1S/C22H19F4N7O3/c23-12-1-4-17(16(7-12)22(24,25)26)31-14-3-2-13(28-10-14)9-29-19(34)21(5-6-21)32-20(35)36-15-8-18(27)33-30-11-15/h1-4,7-8,10-11,31H,5-6,9H2,(H2,27,33)(H,29,34)(H,32,35). The molecule has 14 heteroatoms. The monoisotopic (exact) mass is 505 g/mol. The topological polar surface area (TPSA) is 144 Å². The highest BCUT2D eigenvalue weighted by Gasteiger charge is 2.51. The molecule has 1 saturated carbocycles. The Morgan fingerprint density at radius 2 is 1.89 bits per heavy atom. The summed E-state index contributed by atoms with van der Waals surface area (Å²) in [7, 11) is 0. The van der Waals surface area contributed by atoms with E-state index in [4.69, 9.17) is 10.5 Å². The number of pyridine rings is 1. The smallest absolute Gasteiger partial charge is 0.408 e. The number of carbonyl (C=O) groups excluding carboxylic acids is 2. The van der Waals surface area contributed by atoms with Crippen LogP contribution in [0.3, 0.4) is 0 Å². The molecule has 1 aromatic carbocycles. The molecule has 4 rings (SSSR count). The van der Waals surface area contributed by atoms with E-state index in [1.165, 1.54) is 30.6 Å². The van der Waals surface area contributed by atoms with Crippen LogP contribution in [0, 0.1) is 5.82 Å². The molecule has 2 heterocycles. The second kappa shape index (κ2) is 9.64. The first-order valence-electron chi connectivity index (χ1n) is 10.5. The molecule has 1 fully saturated rings. The third-order valence-corrected chi connectivity index (χ3v) is 5.21. The Labute approximate surface area is 201 Å². The molecule has 36 heavy (non-hydrogen) atoms. The predicted molar refractivity (Wildman–Crippen MR) is 118 cm³/mol. The van der Waals surface area contributed by atoms with Gasteiger partial charge in [-0.15, -0.1) is 5.10 Å². The Kier molecular flexibility index (Phi) is 6.59. The molecular formula is C22H19F4N7O3. The minimum atomic E-state index is -4.75. The third-order valence-electron chi connectivity index (χ3n) is 5.21. The molecule has 1 aliphatic carbocycles. The van der Waals surface area contributed by atoms with Crippen molar-refractivity contribution < 1.29 is 31.9 Å². The van der Waals surface area contributed by atoms with Gasteiger partial charge in [0.25, 0.3) is 0 Å². The van der Waals surface area contributed by atoms with Crippen molar-refractivity contribution in [1.82, 2.24) is 25.8 Å². The Morgan fingerprint density at radius 3 is 2.53 bits per heavy atom. The molecule has 2 aromatic heterocycles. The molecule has 1 aliphatic rings. The summed E-state index contributed by atoms with van der Waals surface area (Å²) < 4.78 is 57.8. The van der Waals surface area contributed by atoms with Crippen molar-refractivity contribution in [2.75, 3.05) is 11.1 Å². The second-order valence-electron chi connectivity index (χ2n) is 7.95. The highest BCUT2D eigenvalue weighted by atomic mass is 19.4. The first kappa shape index (κ1) is 24.6. The fourth-order valence-electron chi connectivity index (χ4n) is 3.24. The molecule has 188 valence electrons. The summed E-state index contributed by atoms with van der Waals surface area (Å²) in [5.74, 6) is -1.33. The lowest BCUT2D eigenvalue weighted by atomic mass is 10.1. The number of alkyl halides is 3. The van der Waals surface area contributed by atoms with Gasteiger partial charge in [0.2, 0.25) is 5.91 Å². The lowest BCUT2D eigenvalue weighted by Gasteiger charge is -2.17. The van der Waals surface area contributed by atoms with Gasteiger partial charge in [-0.05, 0) is 43.2 Å². The van der Waals surface area contributed by atoms with Gasteiger partial charge in [0.05, 0.1) is 41.6 Å². The zero-order valence-electron chi connectivity index (χ0n) is 18.4. The number of nitrogens with zero attached hydrogens (tertiary/aromatic N) is 3. The average Bonchev–Trinajstić information content (AvgIpc) is 3.59.